The zero-order valence-electron chi connectivity index (χ0n) is 12.9. The van der Waals surface area contributed by atoms with Gasteiger partial charge >= 0.3 is 0 Å². The third-order valence-corrected chi connectivity index (χ3v) is 5.24. The monoisotopic (exact) mass is 297 g/mol. The van der Waals surface area contributed by atoms with Gasteiger partial charge in [0.05, 0.1) is 12.3 Å². The molecule has 0 saturated carbocycles. The molecule has 114 valence electrons. The molecule has 0 aliphatic carbocycles. The number of nitrogens with one attached hydrogen (secondary N) is 1. The number of hydrogen-bond donors (Lipinski definition) is 1. The first-order valence-corrected chi connectivity index (χ1v) is 8.47. The summed E-state index contributed by atoms with van der Waals surface area (Å²) < 4.78 is 5.27. The van der Waals surface area contributed by atoms with Crippen LogP contribution in [0.3, 0.4) is 0 Å². The molecule has 1 aliphatic heterocycles. The Balaban J connectivity index is 2.09. The van der Waals surface area contributed by atoms with E-state index in [0.717, 1.165) is 31.2 Å². The normalized spacial score (nSPS) is 20.1. The predicted molar refractivity (Wildman–Crippen MR) is 85.4 cm³/mol. The summed E-state index contributed by atoms with van der Waals surface area (Å²) >= 11 is 1.82. The van der Waals surface area contributed by atoms with E-state index in [1.54, 1.807) is 7.11 Å². The first-order chi connectivity index (χ1) is 9.78. The van der Waals surface area contributed by atoms with Crippen LogP contribution in [0.15, 0.2) is 0 Å². The lowest BCUT2D eigenvalue weighted by atomic mass is 9.98. The van der Waals surface area contributed by atoms with E-state index in [-0.39, 0.29) is 0 Å². The molecule has 1 aliphatic rings. The molecule has 1 N–H and O–H groups in total. The van der Waals surface area contributed by atoms with Gasteiger partial charge in [-0.1, -0.05) is 13.3 Å². The molecule has 0 spiro atoms. The molecule has 1 aromatic heterocycles. The van der Waals surface area contributed by atoms with Gasteiger partial charge in [0.15, 0.2) is 5.13 Å². The van der Waals surface area contributed by atoms with E-state index in [2.05, 4.69) is 17.1 Å². The molecule has 1 saturated heterocycles. The number of hydrogen-bond acceptors (Lipinski definition) is 5. The van der Waals surface area contributed by atoms with Gasteiger partial charge in [0.2, 0.25) is 0 Å². The van der Waals surface area contributed by atoms with Crippen LogP contribution >= 0.6 is 11.3 Å². The molecule has 1 aromatic rings. The highest BCUT2D eigenvalue weighted by atomic mass is 32.1. The maximum Gasteiger partial charge on any atom is 0.185 e. The fourth-order valence-corrected chi connectivity index (χ4v) is 3.94. The van der Waals surface area contributed by atoms with Crippen LogP contribution < -0.4 is 10.2 Å². The molecule has 2 heterocycles. The first-order valence-electron chi connectivity index (χ1n) is 7.65. The smallest absolute Gasteiger partial charge is 0.185 e. The third-order valence-electron chi connectivity index (χ3n) is 4.08. The lowest BCUT2D eigenvalue weighted by Crippen LogP contribution is -2.24. The molecule has 1 atom stereocenters. The van der Waals surface area contributed by atoms with Crippen molar-refractivity contribution < 1.29 is 4.74 Å². The summed E-state index contributed by atoms with van der Waals surface area (Å²) in [6, 6.07) is 0. The van der Waals surface area contributed by atoms with E-state index < -0.39 is 0 Å². The lowest BCUT2D eigenvalue weighted by Gasteiger charge is -2.19. The molecule has 0 amide bonds. The van der Waals surface area contributed by atoms with Gasteiger partial charge < -0.3 is 15.0 Å². The fraction of sp³-hybridized carbons (Fsp3) is 0.800. The van der Waals surface area contributed by atoms with E-state index in [0.29, 0.717) is 6.61 Å². The van der Waals surface area contributed by atoms with Crippen molar-refractivity contribution in [3.05, 3.63) is 10.6 Å². The van der Waals surface area contributed by atoms with E-state index >= 15 is 0 Å². The topological polar surface area (TPSA) is 37.4 Å². The summed E-state index contributed by atoms with van der Waals surface area (Å²) in [5.74, 6) is 0.898. The number of methoxy groups -OCH3 is 1. The number of rotatable bonds is 6. The summed E-state index contributed by atoms with van der Waals surface area (Å²) in [4.78, 5) is 8.59. The average Bonchev–Trinajstić information content (AvgIpc) is 2.71. The maximum atomic E-state index is 5.27. The first kappa shape index (κ1) is 15.7. The van der Waals surface area contributed by atoms with Crippen molar-refractivity contribution in [2.24, 2.45) is 5.92 Å². The minimum absolute atomic E-state index is 0.610. The van der Waals surface area contributed by atoms with E-state index in [9.17, 15) is 0 Å². The van der Waals surface area contributed by atoms with Crippen molar-refractivity contribution in [2.45, 2.75) is 45.8 Å². The Bertz CT molecular complexity index is 384. The third kappa shape index (κ3) is 3.93. The second-order valence-corrected chi connectivity index (χ2v) is 6.58. The Kier molecular flexibility index (Phi) is 6.26. The van der Waals surface area contributed by atoms with Crippen molar-refractivity contribution in [3.8, 4) is 0 Å². The van der Waals surface area contributed by atoms with Gasteiger partial charge in [-0.25, -0.2) is 4.98 Å². The van der Waals surface area contributed by atoms with Crippen LogP contribution in [-0.2, 0) is 17.9 Å². The summed E-state index contributed by atoms with van der Waals surface area (Å²) in [6.45, 7) is 6.10. The molecule has 2 rings (SSSR count). The van der Waals surface area contributed by atoms with E-state index in [1.165, 1.54) is 35.7 Å². The molecular weight excluding hydrogens is 270 g/mol. The highest BCUT2D eigenvalue weighted by molar-refractivity contribution is 7.15. The maximum absolute atomic E-state index is 5.27. The van der Waals surface area contributed by atoms with Crippen LogP contribution in [0.2, 0.25) is 0 Å². The van der Waals surface area contributed by atoms with Gasteiger partial charge in [0, 0.05) is 31.6 Å². The zero-order valence-corrected chi connectivity index (χ0v) is 13.8. The summed E-state index contributed by atoms with van der Waals surface area (Å²) in [6.07, 6.45) is 5.27. The molecule has 0 bridgehead atoms. The van der Waals surface area contributed by atoms with Crippen LogP contribution in [0.4, 0.5) is 5.13 Å². The molecule has 20 heavy (non-hydrogen) atoms. The molecule has 1 fully saturated rings. The van der Waals surface area contributed by atoms with E-state index in [4.69, 9.17) is 9.72 Å². The van der Waals surface area contributed by atoms with Gasteiger partial charge in [0.1, 0.15) is 0 Å². The second kappa shape index (κ2) is 7.96. The molecule has 0 radical (unpaired) electrons. The standard InChI is InChI=1S/C15H27N3OS/c1-4-12-6-5-8-18(9-7-12)15-17-13(11-19-3)14(20-15)10-16-2/h12,16H,4-11H2,1-3H3. The van der Waals surface area contributed by atoms with Crippen molar-refractivity contribution >= 4 is 16.5 Å². The van der Waals surface area contributed by atoms with Crippen molar-refractivity contribution in [2.75, 3.05) is 32.1 Å². The molecule has 4 nitrogen and oxygen atoms in total. The van der Waals surface area contributed by atoms with Crippen LogP contribution in [0.25, 0.3) is 0 Å². The minimum atomic E-state index is 0.610. The molecular formula is C15H27N3OS. The second-order valence-electron chi connectivity index (χ2n) is 5.52. The van der Waals surface area contributed by atoms with Crippen molar-refractivity contribution in [1.29, 1.82) is 0 Å². The Morgan fingerprint density at radius 3 is 2.95 bits per heavy atom. The summed E-state index contributed by atoms with van der Waals surface area (Å²) in [5.41, 5.74) is 1.10. The number of ether oxygens (including phenoxy) is 1. The SMILES string of the molecule is CCC1CCCN(c2nc(COC)c(CNC)s2)CC1. The Morgan fingerprint density at radius 1 is 1.40 bits per heavy atom. The number of nitrogens with zero attached hydrogens (tertiary/aromatic N) is 2. The lowest BCUT2D eigenvalue weighted by molar-refractivity contribution is 0.181. The van der Waals surface area contributed by atoms with Crippen LogP contribution in [-0.4, -0.2) is 32.2 Å². The molecule has 0 aromatic carbocycles. The van der Waals surface area contributed by atoms with Crippen LogP contribution in [0.1, 0.15) is 43.2 Å². The largest absolute Gasteiger partial charge is 0.378 e. The van der Waals surface area contributed by atoms with Gasteiger partial charge in [0.25, 0.3) is 0 Å². The van der Waals surface area contributed by atoms with Gasteiger partial charge in [-0.2, -0.15) is 0 Å². The van der Waals surface area contributed by atoms with Gasteiger partial charge in [-0.05, 0) is 32.2 Å². The number of aromatic nitrogens is 1. The quantitative estimate of drug-likeness (QED) is 0.876. The van der Waals surface area contributed by atoms with Crippen LogP contribution in [0, 0.1) is 5.92 Å². The fourth-order valence-electron chi connectivity index (χ4n) is 2.82. The van der Waals surface area contributed by atoms with Crippen molar-refractivity contribution in [3.63, 3.8) is 0 Å². The molecule has 5 heteroatoms. The predicted octanol–water partition coefficient (Wildman–Crippen LogP) is 3.03. The molecule has 1 unspecified atom stereocenters. The number of thiazole rings is 1. The number of anilines is 1. The Hall–Kier alpha value is -0.650. The highest BCUT2D eigenvalue weighted by Crippen LogP contribution is 2.30. The highest BCUT2D eigenvalue weighted by Gasteiger charge is 2.20. The van der Waals surface area contributed by atoms with E-state index in [1.807, 2.05) is 18.4 Å². The average molecular weight is 297 g/mol. The Labute approximate surface area is 126 Å². The van der Waals surface area contributed by atoms with Crippen molar-refractivity contribution in [1.82, 2.24) is 10.3 Å². The van der Waals surface area contributed by atoms with Gasteiger partial charge in [-0.15, -0.1) is 11.3 Å². The summed E-state index contributed by atoms with van der Waals surface area (Å²) in [5, 5.41) is 4.40. The van der Waals surface area contributed by atoms with Crippen LogP contribution in [0.5, 0.6) is 0 Å². The minimum Gasteiger partial charge on any atom is -0.378 e. The summed E-state index contributed by atoms with van der Waals surface area (Å²) in [7, 11) is 3.72. The Morgan fingerprint density at radius 2 is 2.25 bits per heavy atom. The van der Waals surface area contributed by atoms with Gasteiger partial charge in [-0.3, -0.25) is 0 Å². The zero-order chi connectivity index (χ0) is 14.4.